The van der Waals surface area contributed by atoms with Crippen molar-refractivity contribution in [1.82, 2.24) is 0 Å². The molecule has 0 saturated heterocycles. The van der Waals surface area contributed by atoms with E-state index in [0.29, 0.717) is 13.2 Å². The van der Waals surface area contributed by atoms with Crippen LogP contribution in [0.3, 0.4) is 0 Å². The van der Waals surface area contributed by atoms with Gasteiger partial charge in [-0.2, -0.15) is 0 Å². The van der Waals surface area contributed by atoms with Crippen LogP contribution in [0.4, 0.5) is 0 Å². The largest absolute Gasteiger partial charge is 0.372 e. The lowest BCUT2D eigenvalue weighted by atomic mass is 10.1. The monoisotopic (exact) mass is 278 g/mol. The zero-order chi connectivity index (χ0) is 14.9. The SMILES string of the molecule is CC=Cc1ccc(COCc2ccc(C=CC)cc2)cc1. The van der Waals surface area contributed by atoms with Gasteiger partial charge < -0.3 is 4.74 Å². The van der Waals surface area contributed by atoms with E-state index < -0.39 is 0 Å². The molecular formula is C20H22O. The Balaban J connectivity index is 1.83. The van der Waals surface area contributed by atoms with Crippen LogP contribution in [0.15, 0.2) is 60.7 Å². The first-order valence-corrected chi connectivity index (χ1v) is 7.33. The maximum atomic E-state index is 5.77. The summed E-state index contributed by atoms with van der Waals surface area (Å²) < 4.78 is 5.77. The van der Waals surface area contributed by atoms with Gasteiger partial charge in [0.2, 0.25) is 0 Å². The molecule has 2 rings (SSSR count). The lowest BCUT2D eigenvalue weighted by Crippen LogP contribution is -1.94. The molecule has 0 fully saturated rings. The van der Waals surface area contributed by atoms with Crippen LogP contribution in [0.5, 0.6) is 0 Å². The van der Waals surface area contributed by atoms with Gasteiger partial charge in [0.15, 0.2) is 0 Å². The molecule has 21 heavy (non-hydrogen) atoms. The standard InChI is InChI=1S/C20H22O/c1-3-5-17-7-11-19(12-8-17)15-21-16-20-13-9-18(6-4-2)10-14-20/h3-14H,15-16H2,1-2H3. The molecule has 1 nitrogen and oxygen atoms in total. The molecule has 0 amide bonds. The van der Waals surface area contributed by atoms with Gasteiger partial charge in [0, 0.05) is 0 Å². The molecule has 0 saturated carbocycles. The molecule has 0 aliphatic heterocycles. The molecular weight excluding hydrogens is 256 g/mol. The Morgan fingerprint density at radius 2 is 1.05 bits per heavy atom. The average Bonchev–Trinajstić information content (AvgIpc) is 2.51. The Kier molecular flexibility index (Phi) is 5.99. The summed E-state index contributed by atoms with van der Waals surface area (Å²) >= 11 is 0. The summed E-state index contributed by atoms with van der Waals surface area (Å²) in [7, 11) is 0. The molecule has 0 heterocycles. The van der Waals surface area contributed by atoms with E-state index in [1.807, 2.05) is 26.0 Å². The van der Waals surface area contributed by atoms with Crippen molar-refractivity contribution in [2.24, 2.45) is 0 Å². The van der Waals surface area contributed by atoms with Crippen LogP contribution in [-0.4, -0.2) is 0 Å². The maximum absolute atomic E-state index is 5.77. The van der Waals surface area contributed by atoms with Crippen LogP contribution >= 0.6 is 0 Å². The van der Waals surface area contributed by atoms with E-state index in [-0.39, 0.29) is 0 Å². The topological polar surface area (TPSA) is 9.23 Å². The number of hydrogen-bond donors (Lipinski definition) is 0. The predicted octanol–water partition coefficient (Wildman–Crippen LogP) is 5.47. The summed E-state index contributed by atoms with van der Waals surface area (Å²) in [6.07, 6.45) is 8.28. The highest BCUT2D eigenvalue weighted by Crippen LogP contribution is 2.11. The van der Waals surface area contributed by atoms with Gasteiger partial charge in [-0.1, -0.05) is 72.8 Å². The van der Waals surface area contributed by atoms with Crippen LogP contribution in [-0.2, 0) is 18.0 Å². The average molecular weight is 278 g/mol. The molecule has 0 bridgehead atoms. The van der Waals surface area contributed by atoms with Crippen molar-refractivity contribution in [3.63, 3.8) is 0 Å². The minimum absolute atomic E-state index is 0.646. The van der Waals surface area contributed by atoms with Crippen molar-refractivity contribution in [3.05, 3.63) is 82.9 Å². The van der Waals surface area contributed by atoms with E-state index in [9.17, 15) is 0 Å². The van der Waals surface area contributed by atoms with Gasteiger partial charge in [-0.05, 0) is 36.1 Å². The van der Waals surface area contributed by atoms with E-state index in [4.69, 9.17) is 4.74 Å². The number of benzene rings is 2. The molecule has 0 spiro atoms. The van der Waals surface area contributed by atoms with Crippen LogP contribution in [0.2, 0.25) is 0 Å². The fourth-order valence-electron chi connectivity index (χ4n) is 2.12. The number of hydrogen-bond acceptors (Lipinski definition) is 1. The highest BCUT2D eigenvalue weighted by molar-refractivity contribution is 5.49. The summed E-state index contributed by atoms with van der Waals surface area (Å²) in [5, 5.41) is 0. The molecule has 0 atom stereocenters. The molecule has 2 aromatic rings. The summed E-state index contributed by atoms with van der Waals surface area (Å²) in [6.45, 7) is 5.34. The summed E-state index contributed by atoms with van der Waals surface area (Å²) in [5.41, 5.74) is 4.85. The molecule has 108 valence electrons. The third-order valence-corrected chi connectivity index (χ3v) is 3.22. The fraction of sp³-hybridized carbons (Fsp3) is 0.200. The van der Waals surface area contributed by atoms with Crippen molar-refractivity contribution >= 4 is 12.2 Å². The first-order chi connectivity index (χ1) is 10.3. The summed E-state index contributed by atoms with van der Waals surface area (Å²) in [5.74, 6) is 0. The Bertz CT molecular complexity index is 533. The van der Waals surface area contributed by atoms with Crippen molar-refractivity contribution in [1.29, 1.82) is 0 Å². The van der Waals surface area contributed by atoms with E-state index >= 15 is 0 Å². The fourth-order valence-corrected chi connectivity index (χ4v) is 2.12. The van der Waals surface area contributed by atoms with E-state index in [1.54, 1.807) is 0 Å². The molecule has 2 aromatic carbocycles. The van der Waals surface area contributed by atoms with Crippen molar-refractivity contribution in [2.75, 3.05) is 0 Å². The first-order valence-electron chi connectivity index (χ1n) is 7.33. The lowest BCUT2D eigenvalue weighted by molar-refractivity contribution is 0.107. The van der Waals surface area contributed by atoms with Crippen LogP contribution in [0.25, 0.3) is 12.2 Å². The quantitative estimate of drug-likeness (QED) is 0.681. The van der Waals surface area contributed by atoms with Crippen LogP contribution < -0.4 is 0 Å². The summed E-state index contributed by atoms with van der Waals surface area (Å²) in [4.78, 5) is 0. The van der Waals surface area contributed by atoms with Gasteiger partial charge in [-0.3, -0.25) is 0 Å². The third-order valence-electron chi connectivity index (χ3n) is 3.22. The molecule has 0 aliphatic carbocycles. The molecule has 0 aromatic heterocycles. The minimum Gasteiger partial charge on any atom is -0.372 e. The van der Waals surface area contributed by atoms with Crippen molar-refractivity contribution in [2.45, 2.75) is 27.1 Å². The summed E-state index contributed by atoms with van der Waals surface area (Å²) in [6, 6.07) is 16.9. The van der Waals surface area contributed by atoms with Crippen LogP contribution in [0.1, 0.15) is 36.1 Å². The van der Waals surface area contributed by atoms with Gasteiger partial charge >= 0.3 is 0 Å². The number of ether oxygens (including phenoxy) is 1. The second-order valence-corrected chi connectivity index (χ2v) is 4.98. The zero-order valence-corrected chi connectivity index (χ0v) is 12.8. The third kappa shape index (κ3) is 5.05. The lowest BCUT2D eigenvalue weighted by Gasteiger charge is -2.05. The molecule has 0 unspecified atom stereocenters. The number of rotatable bonds is 6. The molecule has 0 radical (unpaired) electrons. The second-order valence-electron chi connectivity index (χ2n) is 4.98. The van der Waals surface area contributed by atoms with Gasteiger partial charge in [0.25, 0.3) is 0 Å². The maximum Gasteiger partial charge on any atom is 0.0721 e. The van der Waals surface area contributed by atoms with E-state index in [2.05, 4.69) is 60.7 Å². The van der Waals surface area contributed by atoms with E-state index in [1.165, 1.54) is 22.3 Å². The predicted molar refractivity (Wildman–Crippen MR) is 90.8 cm³/mol. The van der Waals surface area contributed by atoms with Crippen molar-refractivity contribution in [3.8, 4) is 0 Å². The second kappa shape index (κ2) is 8.23. The molecule has 0 aliphatic rings. The number of allylic oxidation sites excluding steroid dienone is 2. The molecule has 0 N–H and O–H groups in total. The Hall–Kier alpha value is -2.12. The highest BCUT2D eigenvalue weighted by Gasteiger charge is 1.96. The normalized spacial score (nSPS) is 11.5. The molecule has 1 heteroatoms. The van der Waals surface area contributed by atoms with Gasteiger partial charge in [0.1, 0.15) is 0 Å². The Morgan fingerprint density at radius 3 is 1.38 bits per heavy atom. The van der Waals surface area contributed by atoms with E-state index in [0.717, 1.165) is 0 Å². The zero-order valence-electron chi connectivity index (χ0n) is 12.8. The van der Waals surface area contributed by atoms with Crippen LogP contribution in [0, 0.1) is 0 Å². The van der Waals surface area contributed by atoms with Gasteiger partial charge in [-0.15, -0.1) is 0 Å². The minimum atomic E-state index is 0.646. The van der Waals surface area contributed by atoms with Crippen molar-refractivity contribution < 1.29 is 4.74 Å². The smallest absolute Gasteiger partial charge is 0.0721 e. The highest BCUT2D eigenvalue weighted by atomic mass is 16.5. The first kappa shape index (κ1) is 15.3. The Labute approximate surface area is 127 Å². The van der Waals surface area contributed by atoms with Gasteiger partial charge in [0.05, 0.1) is 13.2 Å². The Morgan fingerprint density at radius 1 is 0.667 bits per heavy atom. The van der Waals surface area contributed by atoms with Gasteiger partial charge in [-0.25, -0.2) is 0 Å².